The molecule has 2 aromatic carbocycles. The number of piperazine rings is 1. The Morgan fingerprint density at radius 1 is 1.00 bits per heavy atom. The number of sulfonamides is 1. The third-order valence-electron chi connectivity index (χ3n) is 4.92. The largest absolute Gasteiger partial charge is 0.325 e. The van der Waals surface area contributed by atoms with Crippen LogP contribution in [0.4, 0.5) is 18.9 Å². The molecular formula is C19H19ClF3N3O3S. The summed E-state index contributed by atoms with van der Waals surface area (Å²) in [4.78, 5) is 13.9. The van der Waals surface area contributed by atoms with E-state index >= 15 is 0 Å². The SMILES string of the molecule is CC(C(=O)Nc1ccc(F)c(Cl)c1)N1CCN(S(=O)(=O)c2ccc(F)c(F)c2)CC1. The van der Waals surface area contributed by atoms with Crippen LogP contribution >= 0.6 is 11.6 Å². The molecule has 0 aromatic heterocycles. The van der Waals surface area contributed by atoms with Gasteiger partial charge in [-0.2, -0.15) is 4.31 Å². The highest BCUT2D eigenvalue weighted by Gasteiger charge is 2.32. The molecule has 0 aliphatic carbocycles. The minimum Gasteiger partial charge on any atom is -0.325 e. The van der Waals surface area contributed by atoms with Crippen molar-refractivity contribution >= 4 is 33.2 Å². The zero-order chi connectivity index (χ0) is 22.1. The number of nitrogens with one attached hydrogen (secondary N) is 1. The number of hydrogen-bond donors (Lipinski definition) is 1. The maximum Gasteiger partial charge on any atom is 0.243 e. The van der Waals surface area contributed by atoms with Crippen molar-refractivity contribution in [3.63, 3.8) is 0 Å². The normalized spacial score (nSPS) is 17.0. The molecular weight excluding hydrogens is 443 g/mol. The van der Waals surface area contributed by atoms with E-state index in [9.17, 15) is 26.4 Å². The van der Waals surface area contributed by atoms with Crippen LogP contribution in [0.1, 0.15) is 6.92 Å². The molecule has 1 N–H and O–H groups in total. The quantitative estimate of drug-likeness (QED) is 0.743. The summed E-state index contributed by atoms with van der Waals surface area (Å²) in [6.07, 6.45) is 0. The van der Waals surface area contributed by atoms with E-state index in [1.807, 2.05) is 0 Å². The number of hydrogen-bond acceptors (Lipinski definition) is 4. The van der Waals surface area contributed by atoms with Gasteiger partial charge in [0.25, 0.3) is 0 Å². The summed E-state index contributed by atoms with van der Waals surface area (Å²) in [5.41, 5.74) is 0.345. The van der Waals surface area contributed by atoms with Gasteiger partial charge in [0.2, 0.25) is 15.9 Å². The topological polar surface area (TPSA) is 69.7 Å². The van der Waals surface area contributed by atoms with Crippen LogP contribution in [0.2, 0.25) is 5.02 Å². The molecule has 11 heteroatoms. The van der Waals surface area contributed by atoms with E-state index < -0.39 is 33.5 Å². The molecule has 1 fully saturated rings. The van der Waals surface area contributed by atoms with Crippen LogP contribution in [-0.2, 0) is 14.8 Å². The average Bonchev–Trinajstić information content (AvgIpc) is 2.72. The van der Waals surface area contributed by atoms with Crippen molar-refractivity contribution < 1.29 is 26.4 Å². The van der Waals surface area contributed by atoms with Gasteiger partial charge in [-0.25, -0.2) is 21.6 Å². The van der Waals surface area contributed by atoms with Gasteiger partial charge in [0.15, 0.2) is 11.6 Å². The molecule has 0 bridgehead atoms. The molecule has 1 heterocycles. The van der Waals surface area contributed by atoms with Gasteiger partial charge in [0.1, 0.15) is 5.82 Å². The zero-order valence-corrected chi connectivity index (χ0v) is 17.5. The molecule has 1 aliphatic rings. The van der Waals surface area contributed by atoms with E-state index in [1.165, 1.54) is 16.4 Å². The summed E-state index contributed by atoms with van der Waals surface area (Å²) in [6, 6.07) is 5.69. The van der Waals surface area contributed by atoms with Crippen LogP contribution in [0.15, 0.2) is 41.3 Å². The predicted molar refractivity (Wildman–Crippen MR) is 106 cm³/mol. The fourth-order valence-corrected chi connectivity index (χ4v) is 4.72. The van der Waals surface area contributed by atoms with E-state index in [4.69, 9.17) is 11.6 Å². The fraction of sp³-hybridized carbons (Fsp3) is 0.316. The molecule has 1 unspecified atom stereocenters. The van der Waals surface area contributed by atoms with Gasteiger partial charge in [-0.1, -0.05) is 11.6 Å². The van der Waals surface area contributed by atoms with E-state index in [0.717, 1.165) is 18.2 Å². The first-order chi connectivity index (χ1) is 14.1. The van der Waals surface area contributed by atoms with Crippen molar-refractivity contribution in [3.8, 4) is 0 Å². The van der Waals surface area contributed by atoms with Gasteiger partial charge in [-0.3, -0.25) is 9.69 Å². The smallest absolute Gasteiger partial charge is 0.243 e. The maximum absolute atomic E-state index is 13.4. The minimum atomic E-state index is -3.98. The molecule has 1 aliphatic heterocycles. The lowest BCUT2D eigenvalue weighted by atomic mass is 10.2. The van der Waals surface area contributed by atoms with Crippen LogP contribution in [-0.4, -0.2) is 55.8 Å². The first-order valence-electron chi connectivity index (χ1n) is 9.05. The Hall–Kier alpha value is -2.14. The summed E-state index contributed by atoms with van der Waals surface area (Å²) in [6.45, 7) is 2.37. The lowest BCUT2D eigenvalue weighted by Crippen LogP contribution is -2.53. The summed E-state index contributed by atoms with van der Waals surface area (Å²) < 4.78 is 66.2. The highest BCUT2D eigenvalue weighted by atomic mass is 35.5. The van der Waals surface area contributed by atoms with Crippen molar-refractivity contribution in [1.82, 2.24) is 9.21 Å². The summed E-state index contributed by atoms with van der Waals surface area (Å²) in [7, 11) is -3.98. The molecule has 1 atom stereocenters. The number of benzene rings is 2. The second kappa shape index (κ2) is 8.93. The Morgan fingerprint density at radius 3 is 2.23 bits per heavy atom. The zero-order valence-electron chi connectivity index (χ0n) is 15.9. The molecule has 30 heavy (non-hydrogen) atoms. The average molecular weight is 462 g/mol. The molecule has 2 aromatic rings. The summed E-state index contributed by atoms with van der Waals surface area (Å²) >= 11 is 5.71. The van der Waals surface area contributed by atoms with Gasteiger partial charge in [0.05, 0.1) is 16.0 Å². The molecule has 3 rings (SSSR count). The van der Waals surface area contributed by atoms with E-state index in [0.29, 0.717) is 11.8 Å². The lowest BCUT2D eigenvalue weighted by molar-refractivity contribution is -0.121. The first-order valence-corrected chi connectivity index (χ1v) is 10.9. The van der Waals surface area contributed by atoms with Crippen molar-refractivity contribution in [2.75, 3.05) is 31.5 Å². The number of rotatable bonds is 5. The van der Waals surface area contributed by atoms with Gasteiger partial charge in [-0.15, -0.1) is 0 Å². The highest BCUT2D eigenvalue weighted by molar-refractivity contribution is 7.89. The van der Waals surface area contributed by atoms with Crippen LogP contribution in [0.5, 0.6) is 0 Å². The van der Waals surface area contributed by atoms with Crippen molar-refractivity contribution in [1.29, 1.82) is 0 Å². The Labute approximate surface area is 177 Å². The van der Waals surface area contributed by atoms with E-state index in [-0.39, 0.29) is 42.0 Å². The standard InChI is InChI=1S/C19H19ClF3N3O3S/c1-12(19(27)24-13-2-4-16(21)15(20)10-13)25-6-8-26(9-7-25)30(28,29)14-3-5-17(22)18(23)11-14/h2-5,10-12H,6-9H2,1H3,(H,24,27). The second-order valence-corrected chi connectivity index (χ2v) is 9.16. The molecule has 1 amide bonds. The second-order valence-electron chi connectivity index (χ2n) is 6.81. The monoisotopic (exact) mass is 461 g/mol. The van der Waals surface area contributed by atoms with Gasteiger partial charge < -0.3 is 5.32 Å². The number of nitrogens with zero attached hydrogens (tertiary/aromatic N) is 2. The lowest BCUT2D eigenvalue weighted by Gasteiger charge is -2.36. The number of amides is 1. The Morgan fingerprint density at radius 2 is 1.63 bits per heavy atom. The number of carbonyl (C=O) groups is 1. The Bertz CT molecular complexity index is 1060. The Balaban J connectivity index is 1.61. The van der Waals surface area contributed by atoms with Crippen molar-refractivity contribution in [2.24, 2.45) is 0 Å². The molecule has 0 spiro atoms. The Kier molecular flexibility index (Phi) is 6.71. The molecule has 0 saturated carbocycles. The molecule has 162 valence electrons. The molecule has 1 saturated heterocycles. The minimum absolute atomic E-state index is 0.0846. The van der Waals surface area contributed by atoms with Crippen LogP contribution in [0.3, 0.4) is 0 Å². The third-order valence-corrected chi connectivity index (χ3v) is 7.10. The first kappa shape index (κ1) is 22.5. The van der Waals surface area contributed by atoms with Crippen LogP contribution in [0, 0.1) is 17.5 Å². The van der Waals surface area contributed by atoms with Gasteiger partial charge in [0, 0.05) is 31.9 Å². The summed E-state index contributed by atoms with van der Waals surface area (Å²) in [5, 5.41) is 2.53. The maximum atomic E-state index is 13.4. The van der Waals surface area contributed by atoms with Gasteiger partial charge in [-0.05, 0) is 43.3 Å². The molecule has 6 nitrogen and oxygen atoms in total. The van der Waals surface area contributed by atoms with Crippen molar-refractivity contribution in [2.45, 2.75) is 17.9 Å². The van der Waals surface area contributed by atoms with E-state index in [1.54, 1.807) is 11.8 Å². The number of anilines is 1. The molecule has 0 radical (unpaired) electrons. The third kappa shape index (κ3) is 4.77. The van der Waals surface area contributed by atoms with Gasteiger partial charge >= 0.3 is 0 Å². The number of halogens is 4. The fourth-order valence-electron chi connectivity index (χ4n) is 3.10. The van der Waals surface area contributed by atoms with Crippen molar-refractivity contribution in [3.05, 3.63) is 58.9 Å². The van der Waals surface area contributed by atoms with Crippen LogP contribution in [0.25, 0.3) is 0 Å². The number of carbonyl (C=O) groups excluding carboxylic acids is 1. The predicted octanol–water partition coefficient (Wildman–Crippen LogP) is 3.09. The highest BCUT2D eigenvalue weighted by Crippen LogP contribution is 2.22. The van der Waals surface area contributed by atoms with E-state index in [2.05, 4.69) is 5.32 Å². The van der Waals surface area contributed by atoms with Crippen LogP contribution < -0.4 is 5.32 Å². The summed E-state index contributed by atoms with van der Waals surface area (Å²) in [5.74, 6) is -3.31.